The van der Waals surface area contributed by atoms with Crippen molar-refractivity contribution >= 4 is 12.1 Å². The molecule has 7 rings (SSSR count). The molecular formula is C42H69NO8. The van der Waals surface area contributed by atoms with E-state index in [4.69, 9.17) is 18.9 Å². The molecule has 290 valence electrons. The molecule has 9 nitrogen and oxygen atoms in total. The number of aliphatic hydroxyl groups excluding tert-OH is 1. The molecule has 0 bridgehead atoms. The van der Waals surface area contributed by atoms with Crippen LogP contribution in [0.3, 0.4) is 0 Å². The third-order valence-corrected chi connectivity index (χ3v) is 16.6. The zero-order valence-corrected chi connectivity index (χ0v) is 33.5. The molecule has 2 spiro atoms. The minimum atomic E-state index is -1.05. The molecule has 5 saturated carbocycles. The maximum Gasteiger partial charge on any atom is 0.411 e. The Hall–Kier alpha value is -1.42. The Bertz CT molecular complexity index is 1390. The largest absolute Gasteiger partial charge is 0.460 e. The van der Waals surface area contributed by atoms with Crippen molar-refractivity contribution in [1.82, 2.24) is 4.90 Å². The van der Waals surface area contributed by atoms with E-state index in [-0.39, 0.29) is 57.3 Å². The number of carbonyl (C=O) groups excluding carboxylic acids is 2. The van der Waals surface area contributed by atoms with Gasteiger partial charge in [0, 0.05) is 24.0 Å². The molecule has 7 fully saturated rings. The molecule has 1 unspecified atom stereocenters. The Labute approximate surface area is 307 Å². The number of likely N-dealkylation sites (tertiary alicyclic amines) is 1. The fraction of sp³-hybridized carbons (Fsp3) is 0.952. The maximum atomic E-state index is 13.8. The molecule has 7 aliphatic rings. The molecule has 0 aromatic rings. The highest BCUT2D eigenvalue weighted by Gasteiger charge is 2.85. The summed E-state index contributed by atoms with van der Waals surface area (Å²) in [6.07, 6.45) is 7.49. The standard InChI is InChI=1S/C42H69NO8/c1-12-48-33(38(8,9)47)26-22-24(2)30-31(49-26)32(44)40(11)28-16-15-27-37(6,7)29(17-18-41(27)23-42(28,41)20-19-39(30,40)10)50-34(45)25-14-13-21-43(25)35(46)51-36(3,4)5/h24-33,44,47H,12-23H2,1-11H3/t24-,25+,26-,27+,28+,29+,30+,31+,32+,33+,39-,40-,41?,42+/m1/s1. The first-order chi connectivity index (χ1) is 23.6. The Kier molecular flexibility index (Phi) is 8.94. The summed E-state index contributed by atoms with van der Waals surface area (Å²) in [5.41, 5.74) is -1.81. The molecular weight excluding hydrogens is 646 g/mol. The monoisotopic (exact) mass is 716 g/mol. The number of carbonyl (C=O) groups is 2. The highest BCUT2D eigenvalue weighted by atomic mass is 16.6. The number of ether oxygens (including phenoxy) is 4. The van der Waals surface area contributed by atoms with Gasteiger partial charge in [-0.2, -0.15) is 0 Å². The van der Waals surface area contributed by atoms with E-state index in [0.717, 1.165) is 44.9 Å². The summed E-state index contributed by atoms with van der Waals surface area (Å²) in [4.78, 5) is 28.3. The molecule has 14 atom stereocenters. The Balaban J connectivity index is 1.10. The second kappa shape index (κ2) is 12.0. The van der Waals surface area contributed by atoms with Crippen molar-refractivity contribution in [2.24, 2.45) is 50.7 Å². The van der Waals surface area contributed by atoms with Crippen molar-refractivity contribution in [2.75, 3.05) is 13.2 Å². The lowest BCUT2D eigenvalue weighted by Gasteiger charge is -2.63. The lowest BCUT2D eigenvalue weighted by atomic mass is 9.41. The van der Waals surface area contributed by atoms with Gasteiger partial charge in [-0.25, -0.2) is 9.59 Å². The molecule has 2 aliphatic heterocycles. The number of fused-ring (bicyclic) bond motifs is 4. The predicted octanol–water partition coefficient (Wildman–Crippen LogP) is 7.29. The van der Waals surface area contributed by atoms with Crippen molar-refractivity contribution in [3.63, 3.8) is 0 Å². The molecule has 9 heteroatoms. The van der Waals surface area contributed by atoms with Gasteiger partial charge < -0.3 is 29.2 Å². The van der Waals surface area contributed by atoms with Gasteiger partial charge in [0.1, 0.15) is 23.9 Å². The van der Waals surface area contributed by atoms with Gasteiger partial charge in [0.2, 0.25) is 0 Å². The Morgan fingerprint density at radius 2 is 1.63 bits per heavy atom. The fourth-order valence-electron chi connectivity index (χ4n) is 14.4. The molecule has 0 aromatic carbocycles. The van der Waals surface area contributed by atoms with Gasteiger partial charge in [0.05, 0.1) is 23.9 Å². The number of nitrogens with zero attached hydrogens (tertiary/aromatic N) is 1. The summed E-state index contributed by atoms with van der Waals surface area (Å²) < 4.78 is 25.1. The maximum absolute atomic E-state index is 13.8. The van der Waals surface area contributed by atoms with Crippen LogP contribution < -0.4 is 0 Å². The fourth-order valence-corrected chi connectivity index (χ4v) is 14.4. The molecule has 0 aromatic heterocycles. The Morgan fingerprint density at radius 1 is 0.961 bits per heavy atom. The highest BCUT2D eigenvalue weighted by molar-refractivity contribution is 5.82. The van der Waals surface area contributed by atoms with E-state index in [2.05, 4.69) is 34.6 Å². The summed E-state index contributed by atoms with van der Waals surface area (Å²) >= 11 is 0. The quantitative estimate of drug-likeness (QED) is 0.276. The van der Waals surface area contributed by atoms with E-state index in [9.17, 15) is 19.8 Å². The van der Waals surface area contributed by atoms with Gasteiger partial charge >= 0.3 is 12.1 Å². The van der Waals surface area contributed by atoms with Gasteiger partial charge in [-0.15, -0.1) is 0 Å². The van der Waals surface area contributed by atoms with Gasteiger partial charge in [-0.3, -0.25) is 4.90 Å². The van der Waals surface area contributed by atoms with E-state index in [0.29, 0.717) is 37.3 Å². The number of aliphatic hydroxyl groups is 2. The second-order valence-corrected chi connectivity index (χ2v) is 20.8. The normalized spacial score (nSPS) is 47.6. The number of hydrogen-bond donors (Lipinski definition) is 2. The van der Waals surface area contributed by atoms with Gasteiger partial charge in [0.25, 0.3) is 0 Å². The van der Waals surface area contributed by atoms with E-state index in [1.54, 1.807) is 18.7 Å². The third kappa shape index (κ3) is 5.33. The average molecular weight is 716 g/mol. The van der Waals surface area contributed by atoms with Crippen LogP contribution in [0, 0.1) is 50.7 Å². The van der Waals surface area contributed by atoms with Crippen LogP contribution in [-0.2, 0) is 23.7 Å². The lowest BCUT2D eigenvalue weighted by Crippen LogP contribution is -2.60. The van der Waals surface area contributed by atoms with Crippen molar-refractivity contribution < 1.29 is 38.7 Å². The number of rotatable bonds is 6. The van der Waals surface area contributed by atoms with Crippen LogP contribution in [0.1, 0.15) is 140 Å². The van der Waals surface area contributed by atoms with Crippen LogP contribution in [0.2, 0.25) is 0 Å². The van der Waals surface area contributed by atoms with Crippen LogP contribution >= 0.6 is 0 Å². The topological polar surface area (TPSA) is 115 Å². The van der Waals surface area contributed by atoms with Gasteiger partial charge in [-0.1, -0.05) is 34.6 Å². The van der Waals surface area contributed by atoms with Crippen LogP contribution in [-0.4, -0.2) is 88.1 Å². The first-order valence-electron chi connectivity index (χ1n) is 20.5. The third-order valence-electron chi connectivity index (χ3n) is 16.6. The number of esters is 1. The predicted molar refractivity (Wildman–Crippen MR) is 194 cm³/mol. The van der Waals surface area contributed by atoms with Crippen molar-refractivity contribution in [2.45, 2.75) is 188 Å². The SMILES string of the molecule is CCO[C@@H]([C@H]1C[C@@H](C)[C@H]2[C@H](O1)[C@H](O)[C@@]1(C)[C@@H]3CC[C@H]4C(C)(C)[C@@H](OC(=O)[C@@H]5CCCN5C(=O)OC(C)(C)C)CCC45C[C@@]35CC[C@]21C)C(C)(C)O. The van der Waals surface area contributed by atoms with Crippen LogP contribution in [0.4, 0.5) is 4.79 Å². The molecule has 2 heterocycles. The van der Waals surface area contributed by atoms with Gasteiger partial charge in [0.15, 0.2) is 0 Å². The molecule has 2 N–H and O–H groups in total. The summed E-state index contributed by atoms with van der Waals surface area (Å²) in [6.45, 7) is 24.0. The molecule has 2 saturated heterocycles. The summed E-state index contributed by atoms with van der Waals surface area (Å²) in [5, 5.41) is 23.7. The van der Waals surface area contributed by atoms with Crippen molar-refractivity contribution in [1.29, 1.82) is 0 Å². The summed E-state index contributed by atoms with van der Waals surface area (Å²) in [5.74, 6) is 1.15. The average Bonchev–Trinajstić information content (AvgIpc) is 3.32. The minimum Gasteiger partial charge on any atom is -0.460 e. The summed E-state index contributed by atoms with van der Waals surface area (Å²) in [7, 11) is 0. The zero-order chi connectivity index (χ0) is 37.3. The number of hydrogen-bond acceptors (Lipinski definition) is 8. The molecule has 0 radical (unpaired) electrons. The van der Waals surface area contributed by atoms with Crippen molar-refractivity contribution in [3.05, 3.63) is 0 Å². The van der Waals surface area contributed by atoms with Crippen LogP contribution in [0.25, 0.3) is 0 Å². The highest BCUT2D eigenvalue weighted by Crippen LogP contribution is 2.89. The zero-order valence-electron chi connectivity index (χ0n) is 33.5. The van der Waals surface area contributed by atoms with E-state index in [1.165, 1.54) is 12.8 Å². The van der Waals surface area contributed by atoms with Crippen LogP contribution in [0.5, 0.6) is 0 Å². The smallest absolute Gasteiger partial charge is 0.411 e. The summed E-state index contributed by atoms with van der Waals surface area (Å²) in [6, 6.07) is -0.589. The first kappa shape index (κ1) is 37.9. The van der Waals surface area contributed by atoms with E-state index >= 15 is 0 Å². The Morgan fingerprint density at radius 3 is 2.27 bits per heavy atom. The van der Waals surface area contributed by atoms with E-state index in [1.807, 2.05) is 27.7 Å². The van der Waals surface area contributed by atoms with Gasteiger partial charge in [-0.05, 0) is 146 Å². The van der Waals surface area contributed by atoms with Crippen molar-refractivity contribution in [3.8, 4) is 0 Å². The molecule has 1 amide bonds. The molecule has 51 heavy (non-hydrogen) atoms. The first-order valence-corrected chi connectivity index (χ1v) is 20.5. The number of amides is 1. The minimum absolute atomic E-state index is 0.0482. The van der Waals surface area contributed by atoms with Crippen LogP contribution in [0.15, 0.2) is 0 Å². The lowest BCUT2D eigenvalue weighted by molar-refractivity contribution is -0.215. The second-order valence-electron chi connectivity index (χ2n) is 20.8. The van der Waals surface area contributed by atoms with E-state index < -0.39 is 35.5 Å². The molecule has 5 aliphatic carbocycles.